The Morgan fingerprint density at radius 2 is 1.95 bits per heavy atom. The Balaban J connectivity index is 2.49. The van der Waals surface area contributed by atoms with E-state index >= 15 is 0 Å². The Morgan fingerprint density at radius 1 is 1.37 bits per heavy atom. The lowest BCUT2D eigenvalue weighted by Gasteiger charge is -2.26. The van der Waals surface area contributed by atoms with Crippen LogP contribution in [0.15, 0.2) is 0 Å². The third-order valence-corrected chi connectivity index (χ3v) is 4.49. The summed E-state index contributed by atoms with van der Waals surface area (Å²) in [6, 6.07) is 2.24. The number of carboxylic acids is 1. The van der Waals surface area contributed by atoms with Crippen LogP contribution in [0.1, 0.15) is 45.4 Å². The van der Waals surface area contributed by atoms with Crippen molar-refractivity contribution in [2.75, 3.05) is 5.75 Å². The van der Waals surface area contributed by atoms with E-state index in [2.05, 4.69) is 11.4 Å². The molecule has 0 heterocycles. The number of rotatable bonds is 5. The molecule has 0 radical (unpaired) electrons. The zero-order valence-corrected chi connectivity index (χ0v) is 12.0. The van der Waals surface area contributed by atoms with E-state index in [0.29, 0.717) is 12.8 Å². The molecule has 1 fully saturated rings. The third-order valence-electron chi connectivity index (χ3n) is 3.36. The van der Waals surface area contributed by atoms with Gasteiger partial charge in [-0.3, -0.25) is 9.59 Å². The van der Waals surface area contributed by atoms with Gasteiger partial charge >= 0.3 is 5.97 Å². The average Bonchev–Trinajstić information content (AvgIpc) is 2.62. The van der Waals surface area contributed by atoms with Crippen molar-refractivity contribution in [2.24, 2.45) is 0 Å². The summed E-state index contributed by atoms with van der Waals surface area (Å²) in [5.74, 6) is -1.10. The van der Waals surface area contributed by atoms with Gasteiger partial charge in [0.05, 0.1) is 17.1 Å². The van der Waals surface area contributed by atoms with Crippen LogP contribution >= 0.6 is 11.8 Å². The molecule has 106 valence electrons. The molecule has 1 aliphatic carbocycles. The second-order valence-electron chi connectivity index (χ2n) is 4.95. The number of carbonyl (C=O) groups excluding carboxylic acids is 1. The van der Waals surface area contributed by atoms with Gasteiger partial charge in [0.25, 0.3) is 0 Å². The molecule has 6 heteroatoms. The predicted octanol–water partition coefficient (Wildman–Crippen LogP) is 1.93. The molecule has 0 aliphatic heterocycles. The number of nitrogens with one attached hydrogen (secondary N) is 1. The van der Waals surface area contributed by atoms with Gasteiger partial charge in [0, 0.05) is 0 Å². The quantitative estimate of drug-likeness (QED) is 0.753. The lowest BCUT2D eigenvalue weighted by Crippen LogP contribution is -2.47. The Morgan fingerprint density at radius 3 is 2.42 bits per heavy atom. The summed E-state index contributed by atoms with van der Waals surface area (Å²) < 4.78 is 0. The molecule has 19 heavy (non-hydrogen) atoms. The van der Waals surface area contributed by atoms with Crippen molar-refractivity contribution in [3.63, 3.8) is 0 Å². The first-order valence-corrected chi connectivity index (χ1v) is 7.61. The maximum Gasteiger partial charge on any atom is 0.316 e. The molecular formula is C13H20N2O3S. The van der Waals surface area contributed by atoms with Crippen LogP contribution in [0.4, 0.5) is 0 Å². The Labute approximate surface area is 117 Å². The van der Waals surface area contributed by atoms with Crippen molar-refractivity contribution in [3.05, 3.63) is 0 Å². The molecule has 1 rings (SSSR count). The van der Waals surface area contributed by atoms with Crippen molar-refractivity contribution in [3.8, 4) is 6.07 Å². The number of amides is 1. The minimum Gasteiger partial charge on any atom is -0.480 e. The number of aliphatic carboxylic acids is 1. The van der Waals surface area contributed by atoms with E-state index in [1.807, 2.05) is 0 Å². The van der Waals surface area contributed by atoms with Gasteiger partial charge in [-0.25, -0.2) is 0 Å². The summed E-state index contributed by atoms with van der Waals surface area (Å²) in [5.41, 5.74) is -0.749. The normalized spacial score (nSPS) is 19.8. The highest BCUT2D eigenvalue weighted by Crippen LogP contribution is 2.26. The number of nitrogens with zero attached hydrogens (tertiary/aromatic N) is 1. The largest absolute Gasteiger partial charge is 0.480 e. The first kappa shape index (κ1) is 15.8. The number of nitriles is 1. The fourth-order valence-electron chi connectivity index (χ4n) is 2.17. The monoisotopic (exact) mass is 284 g/mol. The maximum absolute atomic E-state index is 11.8. The minimum absolute atomic E-state index is 0.0803. The molecule has 5 nitrogen and oxygen atoms in total. The van der Waals surface area contributed by atoms with E-state index < -0.39 is 16.8 Å². The predicted molar refractivity (Wildman–Crippen MR) is 73.7 cm³/mol. The van der Waals surface area contributed by atoms with Gasteiger partial charge < -0.3 is 10.4 Å². The molecular weight excluding hydrogens is 264 g/mol. The summed E-state index contributed by atoms with van der Waals surface area (Å²) in [7, 11) is 0. The Kier molecular flexibility index (Phi) is 6.16. The molecule has 1 unspecified atom stereocenters. The van der Waals surface area contributed by atoms with Gasteiger partial charge in [-0.05, 0) is 19.8 Å². The average molecular weight is 284 g/mol. The van der Waals surface area contributed by atoms with Gasteiger partial charge in [-0.2, -0.15) is 5.26 Å². The van der Waals surface area contributed by atoms with Gasteiger partial charge in [-0.1, -0.05) is 25.7 Å². The van der Waals surface area contributed by atoms with Gasteiger partial charge in [0.2, 0.25) is 5.91 Å². The van der Waals surface area contributed by atoms with Crippen LogP contribution in [-0.4, -0.2) is 33.5 Å². The van der Waals surface area contributed by atoms with E-state index in [9.17, 15) is 14.9 Å². The number of hydrogen-bond acceptors (Lipinski definition) is 4. The van der Waals surface area contributed by atoms with E-state index in [1.165, 1.54) is 0 Å². The van der Waals surface area contributed by atoms with Gasteiger partial charge in [0.15, 0.2) is 0 Å². The van der Waals surface area contributed by atoms with Gasteiger partial charge in [0.1, 0.15) is 5.54 Å². The number of hydrogen-bond donors (Lipinski definition) is 2. The van der Waals surface area contributed by atoms with Crippen LogP contribution < -0.4 is 5.32 Å². The number of carbonyl (C=O) groups is 2. The highest BCUT2D eigenvalue weighted by Gasteiger charge is 2.32. The molecule has 2 N–H and O–H groups in total. The van der Waals surface area contributed by atoms with E-state index in [-0.39, 0.29) is 11.7 Å². The molecule has 0 aromatic carbocycles. The van der Waals surface area contributed by atoms with Gasteiger partial charge in [-0.15, -0.1) is 11.8 Å². The molecule has 0 aromatic rings. The van der Waals surface area contributed by atoms with Crippen LogP contribution in [0.5, 0.6) is 0 Å². The van der Waals surface area contributed by atoms with E-state index in [1.54, 1.807) is 6.92 Å². The van der Waals surface area contributed by atoms with Crippen molar-refractivity contribution >= 4 is 23.6 Å². The summed E-state index contributed by atoms with van der Waals surface area (Å²) in [6.45, 7) is 1.55. The highest BCUT2D eigenvalue weighted by molar-refractivity contribution is 8.01. The number of carboxylic acid groups (broad SMARTS) is 1. The van der Waals surface area contributed by atoms with Crippen LogP contribution in [0.2, 0.25) is 0 Å². The first-order chi connectivity index (χ1) is 8.99. The Hall–Kier alpha value is -1.22. The number of thioether (sulfide) groups is 1. The molecule has 1 saturated carbocycles. The smallest absolute Gasteiger partial charge is 0.316 e. The first-order valence-electron chi connectivity index (χ1n) is 6.56. The maximum atomic E-state index is 11.8. The Bertz CT molecular complexity index is 371. The SMILES string of the molecule is CC(SCC(=O)NC1(C#N)CCCCCC1)C(=O)O. The highest BCUT2D eigenvalue weighted by atomic mass is 32.2. The topological polar surface area (TPSA) is 90.2 Å². The van der Waals surface area contributed by atoms with Crippen molar-refractivity contribution in [2.45, 2.75) is 56.2 Å². The minimum atomic E-state index is -0.928. The summed E-state index contributed by atoms with van der Waals surface area (Å²) in [6.07, 6.45) is 5.48. The van der Waals surface area contributed by atoms with Crippen LogP contribution in [0, 0.1) is 11.3 Å². The van der Waals surface area contributed by atoms with Crippen molar-refractivity contribution in [1.82, 2.24) is 5.32 Å². The lowest BCUT2D eigenvalue weighted by molar-refractivity contribution is -0.136. The second kappa shape index (κ2) is 7.39. The zero-order chi connectivity index (χ0) is 14.3. The summed E-state index contributed by atoms with van der Waals surface area (Å²) >= 11 is 1.07. The molecule has 1 atom stereocenters. The lowest BCUT2D eigenvalue weighted by atomic mass is 9.92. The van der Waals surface area contributed by atoms with Crippen LogP contribution in [0.3, 0.4) is 0 Å². The molecule has 0 saturated heterocycles. The zero-order valence-electron chi connectivity index (χ0n) is 11.1. The van der Waals surface area contributed by atoms with Crippen LogP contribution in [0.25, 0.3) is 0 Å². The molecule has 0 spiro atoms. The fourth-order valence-corrected chi connectivity index (χ4v) is 2.79. The summed E-state index contributed by atoms with van der Waals surface area (Å²) in [5, 5.41) is 20.3. The van der Waals surface area contributed by atoms with E-state index in [4.69, 9.17) is 5.11 Å². The van der Waals surface area contributed by atoms with Crippen molar-refractivity contribution in [1.29, 1.82) is 5.26 Å². The summed E-state index contributed by atoms with van der Waals surface area (Å²) in [4.78, 5) is 22.5. The second-order valence-corrected chi connectivity index (χ2v) is 6.28. The molecule has 1 amide bonds. The van der Waals surface area contributed by atoms with Crippen molar-refractivity contribution < 1.29 is 14.7 Å². The fraction of sp³-hybridized carbons (Fsp3) is 0.769. The third kappa shape index (κ3) is 5.11. The van der Waals surface area contributed by atoms with E-state index in [0.717, 1.165) is 37.4 Å². The molecule has 0 bridgehead atoms. The molecule has 1 aliphatic rings. The molecule has 0 aromatic heterocycles. The van der Waals surface area contributed by atoms with Crippen LogP contribution in [-0.2, 0) is 9.59 Å². The standard InChI is InChI=1S/C13H20N2O3S/c1-10(12(17)18)19-8-11(16)15-13(9-14)6-4-2-3-5-7-13/h10H,2-8H2,1H3,(H,15,16)(H,17,18).